The van der Waals surface area contributed by atoms with Crippen LogP contribution in [0.3, 0.4) is 0 Å². The highest BCUT2D eigenvalue weighted by molar-refractivity contribution is 6.76. The summed E-state index contributed by atoms with van der Waals surface area (Å²) in [7, 11) is -1.13. The Balaban J connectivity index is 1.40. The van der Waals surface area contributed by atoms with Gasteiger partial charge in [0, 0.05) is 27.1 Å². The number of benzene rings is 3. The largest absolute Gasteiger partial charge is 0.525 e. The van der Waals surface area contributed by atoms with Gasteiger partial charge in [-0.3, -0.25) is 0 Å². The molecule has 0 saturated carbocycles. The summed E-state index contributed by atoms with van der Waals surface area (Å²) in [6.45, 7) is 8.95. The molecule has 0 aliphatic carbocycles. The standard InChI is InChI=1S/C29H36FNO6Si/c1-38(2,3)15-14-34-20-36-26-11-8-22-5-4-21(16-24(22)17-26)19-35-28-18-31(37-29(32)33)13-12-27(28)23-6-9-25(30)10-7-23/h4-11,16-17,27-28H,12-15,18-20H2,1-3H3,(H,32,33). The Labute approximate surface area is 224 Å². The molecule has 1 aliphatic heterocycles. The molecule has 2 atom stereocenters. The molecular weight excluding hydrogens is 505 g/mol. The fraction of sp³-hybridized carbons (Fsp3) is 0.414. The normalized spacial score (nSPS) is 18.4. The van der Waals surface area contributed by atoms with Gasteiger partial charge in [-0.05, 0) is 64.7 Å². The second-order valence-electron chi connectivity index (χ2n) is 10.9. The first-order valence-corrected chi connectivity index (χ1v) is 16.6. The molecular formula is C29H36FNO6Si. The average molecular weight is 542 g/mol. The molecule has 3 aromatic carbocycles. The van der Waals surface area contributed by atoms with Crippen molar-refractivity contribution in [2.75, 3.05) is 26.5 Å². The fourth-order valence-corrected chi connectivity index (χ4v) is 5.30. The molecule has 1 saturated heterocycles. The van der Waals surface area contributed by atoms with Crippen LogP contribution in [0.1, 0.15) is 23.5 Å². The minimum absolute atomic E-state index is 0.00865. The van der Waals surface area contributed by atoms with E-state index in [9.17, 15) is 9.18 Å². The maximum atomic E-state index is 13.5. The Bertz CT molecular complexity index is 1220. The van der Waals surface area contributed by atoms with E-state index in [1.165, 1.54) is 17.2 Å². The van der Waals surface area contributed by atoms with Crippen LogP contribution in [0, 0.1) is 5.82 Å². The number of nitrogens with zero attached hydrogens (tertiary/aromatic N) is 1. The van der Waals surface area contributed by atoms with Crippen molar-refractivity contribution >= 4 is 25.0 Å². The van der Waals surface area contributed by atoms with Crippen molar-refractivity contribution in [2.24, 2.45) is 0 Å². The molecule has 0 spiro atoms. The van der Waals surface area contributed by atoms with Crippen molar-refractivity contribution in [1.82, 2.24) is 5.06 Å². The van der Waals surface area contributed by atoms with Crippen LogP contribution in [-0.2, 0) is 20.9 Å². The van der Waals surface area contributed by atoms with Crippen LogP contribution in [0.15, 0.2) is 60.7 Å². The van der Waals surface area contributed by atoms with E-state index in [-0.39, 0.29) is 31.2 Å². The van der Waals surface area contributed by atoms with Gasteiger partial charge in [-0.15, -0.1) is 5.06 Å². The molecule has 38 heavy (non-hydrogen) atoms. The first kappa shape index (κ1) is 28.0. The molecule has 204 valence electrons. The molecule has 0 amide bonds. The molecule has 1 N–H and O–H groups in total. The van der Waals surface area contributed by atoms with E-state index in [1.54, 1.807) is 12.1 Å². The van der Waals surface area contributed by atoms with Gasteiger partial charge in [0.15, 0.2) is 6.79 Å². The van der Waals surface area contributed by atoms with Gasteiger partial charge < -0.3 is 24.2 Å². The summed E-state index contributed by atoms with van der Waals surface area (Å²) in [4.78, 5) is 16.0. The Hall–Kier alpha value is -2.98. The number of fused-ring (bicyclic) bond motifs is 1. The lowest BCUT2D eigenvalue weighted by Crippen LogP contribution is -2.44. The minimum atomic E-state index is -1.35. The molecule has 9 heteroatoms. The number of halogens is 1. The summed E-state index contributed by atoms with van der Waals surface area (Å²) >= 11 is 0. The topological polar surface area (TPSA) is 77.5 Å². The number of carboxylic acid groups (broad SMARTS) is 1. The molecule has 1 heterocycles. The van der Waals surface area contributed by atoms with Gasteiger partial charge in [0.1, 0.15) is 11.6 Å². The summed E-state index contributed by atoms with van der Waals surface area (Å²) in [6, 6.07) is 19.6. The molecule has 2 unspecified atom stereocenters. The number of hydrogen-bond acceptors (Lipinski definition) is 6. The molecule has 7 nitrogen and oxygen atoms in total. The van der Waals surface area contributed by atoms with Crippen LogP contribution in [0.2, 0.25) is 25.7 Å². The highest BCUT2D eigenvalue weighted by Gasteiger charge is 2.33. The first-order chi connectivity index (χ1) is 18.2. The summed E-state index contributed by atoms with van der Waals surface area (Å²) in [6.07, 6.45) is -1.05. The third-order valence-corrected chi connectivity index (χ3v) is 8.38. The second-order valence-corrected chi connectivity index (χ2v) is 16.5. The van der Waals surface area contributed by atoms with Crippen molar-refractivity contribution in [1.29, 1.82) is 0 Å². The molecule has 0 radical (unpaired) electrons. The Morgan fingerprint density at radius 3 is 2.55 bits per heavy atom. The Morgan fingerprint density at radius 2 is 1.82 bits per heavy atom. The summed E-state index contributed by atoms with van der Waals surface area (Å²) in [5.41, 5.74) is 1.94. The Morgan fingerprint density at radius 1 is 1.05 bits per heavy atom. The van der Waals surface area contributed by atoms with E-state index < -0.39 is 14.2 Å². The Kier molecular flexibility index (Phi) is 9.38. The first-order valence-electron chi connectivity index (χ1n) is 12.9. The van der Waals surface area contributed by atoms with Gasteiger partial charge in [-0.1, -0.05) is 50.0 Å². The molecule has 4 rings (SSSR count). The third kappa shape index (κ3) is 8.26. The third-order valence-electron chi connectivity index (χ3n) is 6.67. The average Bonchev–Trinajstić information content (AvgIpc) is 2.87. The van der Waals surface area contributed by atoms with E-state index in [2.05, 4.69) is 25.7 Å². The summed E-state index contributed by atoms with van der Waals surface area (Å²) in [5, 5.41) is 12.6. The van der Waals surface area contributed by atoms with Gasteiger partial charge in [-0.25, -0.2) is 9.18 Å². The monoisotopic (exact) mass is 541 g/mol. The number of hydroxylamine groups is 2. The lowest BCUT2D eigenvalue weighted by Gasteiger charge is -2.36. The lowest BCUT2D eigenvalue weighted by molar-refractivity contribution is -0.166. The van der Waals surface area contributed by atoms with E-state index in [0.717, 1.165) is 33.7 Å². The maximum absolute atomic E-state index is 13.5. The van der Waals surface area contributed by atoms with Crippen molar-refractivity contribution in [2.45, 2.75) is 50.7 Å². The van der Waals surface area contributed by atoms with Crippen LogP contribution in [-0.4, -0.2) is 57.0 Å². The second kappa shape index (κ2) is 12.7. The van der Waals surface area contributed by atoms with Gasteiger partial charge in [-0.2, -0.15) is 0 Å². The quantitative estimate of drug-likeness (QED) is 0.165. The molecule has 1 aliphatic rings. The molecule has 0 bridgehead atoms. The number of piperidine rings is 1. The van der Waals surface area contributed by atoms with Crippen molar-refractivity contribution in [3.05, 3.63) is 77.6 Å². The van der Waals surface area contributed by atoms with E-state index in [1.807, 2.05) is 30.3 Å². The minimum Gasteiger partial charge on any atom is -0.468 e. The van der Waals surface area contributed by atoms with E-state index in [0.29, 0.717) is 26.2 Å². The molecule has 3 aromatic rings. The van der Waals surface area contributed by atoms with Gasteiger partial charge in [0.2, 0.25) is 0 Å². The van der Waals surface area contributed by atoms with Gasteiger partial charge in [0.05, 0.1) is 19.3 Å². The fourth-order valence-electron chi connectivity index (χ4n) is 4.55. The number of hydrogen-bond donors (Lipinski definition) is 1. The maximum Gasteiger partial charge on any atom is 0.525 e. The molecule has 1 fully saturated rings. The predicted molar refractivity (Wildman–Crippen MR) is 147 cm³/mol. The number of carbonyl (C=O) groups is 1. The van der Waals surface area contributed by atoms with Gasteiger partial charge in [0.25, 0.3) is 0 Å². The van der Waals surface area contributed by atoms with Gasteiger partial charge >= 0.3 is 6.16 Å². The van der Waals surface area contributed by atoms with Crippen LogP contribution in [0.25, 0.3) is 10.8 Å². The molecule has 0 aromatic heterocycles. The number of ether oxygens (including phenoxy) is 3. The zero-order valence-electron chi connectivity index (χ0n) is 22.2. The predicted octanol–water partition coefficient (Wildman–Crippen LogP) is 6.65. The van der Waals surface area contributed by atoms with E-state index in [4.69, 9.17) is 24.2 Å². The zero-order chi connectivity index (χ0) is 27.1. The highest BCUT2D eigenvalue weighted by Crippen LogP contribution is 2.32. The summed E-state index contributed by atoms with van der Waals surface area (Å²) < 4.78 is 31.3. The van der Waals surface area contributed by atoms with Crippen LogP contribution >= 0.6 is 0 Å². The highest BCUT2D eigenvalue weighted by atomic mass is 28.3. The van der Waals surface area contributed by atoms with Crippen molar-refractivity contribution < 1.29 is 33.3 Å². The van der Waals surface area contributed by atoms with Crippen LogP contribution < -0.4 is 4.74 Å². The lowest BCUT2D eigenvalue weighted by atomic mass is 9.87. The zero-order valence-corrected chi connectivity index (χ0v) is 23.2. The van der Waals surface area contributed by atoms with Crippen molar-refractivity contribution in [3.63, 3.8) is 0 Å². The van der Waals surface area contributed by atoms with Crippen molar-refractivity contribution in [3.8, 4) is 5.75 Å². The van der Waals surface area contributed by atoms with Crippen LogP contribution in [0.5, 0.6) is 5.75 Å². The summed E-state index contributed by atoms with van der Waals surface area (Å²) in [5.74, 6) is 0.440. The SMILES string of the molecule is C[Si](C)(C)CCOCOc1ccc2ccc(COC3CN(OC(=O)O)CCC3c3ccc(F)cc3)cc2c1. The van der Waals surface area contributed by atoms with E-state index >= 15 is 0 Å². The smallest absolute Gasteiger partial charge is 0.468 e. The van der Waals surface area contributed by atoms with Crippen LogP contribution in [0.4, 0.5) is 9.18 Å². The number of rotatable bonds is 11.